The van der Waals surface area contributed by atoms with Crippen molar-refractivity contribution in [3.05, 3.63) is 0 Å². The lowest BCUT2D eigenvalue weighted by Crippen LogP contribution is -2.43. The number of hydrogen-bond acceptors (Lipinski definition) is 1. The van der Waals surface area contributed by atoms with Crippen molar-refractivity contribution < 1.29 is 0 Å². The van der Waals surface area contributed by atoms with Gasteiger partial charge in [0.15, 0.2) is 0 Å². The van der Waals surface area contributed by atoms with E-state index in [-0.39, 0.29) is 0 Å². The largest absolute Gasteiger partial charge is 0.328 e. The highest BCUT2D eigenvalue weighted by Gasteiger charge is 2.38. The van der Waals surface area contributed by atoms with Crippen LogP contribution < -0.4 is 5.73 Å². The maximum Gasteiger partial charge on any atom is 0.00443 e. The van der Waals surface area contributed by atoms with Crippen LogP contribution in [0.4, 0.5) is 0 Å². The Bertz CT molecular complexity index is 105. The smallest absolute Gasteiger partial charge is 0.00443 e. The van der Waals surface area contributed by atoms with Crippen molar-refractivity contribution in [2.45, 2.75) is 38.6 Å². The van der Waals surface area contributed by atoms with Crippen molar-refractivity contribution in [1.29, 1.82) is 0 Å². The molecule has 2 aliphatic carbocycles. The van der Waals surface area contributed by atoms with Gasteiger partial charge in [-0.25, -0.2) is 0 Å². The van der Waals surface area contributed by atoms with Crippen LogP contribution in [0.2, 0.25) is 0 Å². The van der Waals surface area contributed by atoms with E-state index in [4.69, 9.17) is 5.73 Å². The van der Waals surface area contributed by atoms with E-state index in [0.29, 0.717) is 6.04 Å². The summed E-state index contributed by atoms with van der Waals surface area (Å²) in [7, 11) is 0. The van der Waals surface area contributed by atoms with Gasteiger partial charge in [0.05, 0.1) is 0 Å². The standard InChI is InChI=1S/C9H17N/c1-6-2-7(3-6)8-4-9(10)5-8/h6-9H,2-5,10H2,1H3. The summed E-state index contributed by atoms with van der Waals surface area (Å²) in [6.07, 6.45) is 5.60. The zero-order chi connectivity index (χ0) is 7.14. The van der Waals surface area contributed by atoms with Crippen molar-refractivity contribution >= 4 is 0 Å². The molecule has 58 valence electrons. The third-order valence-electron chi connectivity index (χ3n) is 3.29. The first-order valence-corrected chi connectivity index (χ1v) is 4.51. The molecule has 0 amide bonds. The summed E-state index contributed by atoms with van der Waals surface area (Å²) in [6, 6.07) is 0.556. The van der Waals surface area contributed by atoms with E-state index in [1.165, 1.54) is 25.7 Å². The van der Waals surface area contributed by atoms with Crippen molar-refractivity contribution in [2.24, 2.45) is 23.5 Å². The lowest BCUT2D eigenvalue weighted by atomic mass is 9.61. The van der Waals surface area contributed by atoms with Crippen LogP contribution in [0.1, 0.15) is 32.6 Å². The van der Waals surface area contributed by atoms with E-state index in [1.807, 2.05) is 0 Å². The summed E-state index contributed by atoms with van der Waals surface area (Å²) in [5.41, 5.74) is 5.72. The highest BCUT2D eigenvalue weighted by molar-refractivity contribution is 4.91. The molecule has 0 spiro atoms. The summed E-state index contributed by atoms with van der Waals surface area (Å²) in [6.45, 7) is 2.36. The Kier molecular flexibility index (Phi) is 1.48. The van der Waals surface area contributed by atoms with Gasteiger partial charge in [0, 0.05) is 6.04 Å². The first kappa shape index (κ1) is 6.66. The first-order chi connectivity index (χ1) is 4.75. The first-order valence-electron chi connectivity index (χ1n) is 4.51. The van der Waals surface area contributed by atoms with Gasteiger partial charge in [-0.15, -0.1) is 0 Å². The Hall–Kier alpha value is -0.0400. The zero-order valence-corrected chi connectivity index (χ0v) is 6.72. The fourth-order valence-corrected chi connectivity index (χ4v) is 2.44. The fourth-order valence-electron chi connectivity index (χ4n) is 2.44. The van der Waals surface area contributed by atoms with E-state index in [2.05, 4.69) is 6.92 Å². The molecule has 2 N–H and O–H groups in total. The molecule has 10 heavy (non-hydrogen) atoms. The summed E-state index contributed by atoms with van der Waals surface area (Å²) < 4.78 is 0. The topological polar surface area (TPSA) is 26.0 Å². The Morgan fingerprint density at radius 2 is 1.50 bits per heavy atom. The van der Waals surface area contributed by atoms with Gasteiger partial charge in [-0.3, -0.25) is 0 Å². The van der Waals surface area contributed by atoms with Crippen molar-refractivity contribution in [2.75, 3.05) is 0 Å². The minimum absolute atomic E-state index is 0.556. The third-order valence-corrected chi connectivity index (χ3v) is 3.29. The minimum Gasteiger partial charge on any atom is -0.328 e. The van der Waals surface area contributed by atoms with Crippen molar-refractivity contribution in [3.8, 4) is 0 Å². The highest BCUT2D eigenvalue weighted by atomic mass is 14.7. The zero-order valence-electron chi connectivity index (χ0n) is 6.72. The maximum atomic E-state index is 5.72. The molecule has 0 saturated heterocycles. The molecule has 2 fully saturated rings. The molecule has 0 aromatic heterocycles. The van der Waals surface area contributed by atoms with Crippen LogP contribution in [-0.4, -0.2) is 6.04 Å². The Morgan fingerprint density at radius 3 is 1.90 bits per heavy atom. The SMILES string of the molecule is CC1CC(C2CC(N)C2)C1. The fraction of sp³-hybridized carbons (Fsp3) is 1.00. The van der Waals surface area contributed by atoms with E-state index in [1.54, 1.807) is 0 Å². The molecular weight excluding hydrogens is 122 g/mol. The van der Waals surface area contributed by atoms with Crippen LogP contribution in [-0.2, 0) is 0 Å². The van der Waals surface area contributed by atoms with Crippen molar-refractivity contribution in [1.82, 2.24) is 0 Å². The molecule has 2 rings (SSSR count). The molecule has 0 heterocycles. The highest BCUT2D eigenvalue weighted by Crippen LogP contribution is 2.45. The van der Waals surface area contributed by atoms with Gasteiger partial charge in [0.1, 0.15) is 0 Å². The van der Waals surface area contributed by atoms with Crippen LogP contribution in [0.25, 0.3) is 0 Å². The maximum absolute atomic E-state index is 5.72. The second-order valence-electron chi connectivity index (χ2n) is 4.33. The van der Waals surface area contributed by atoms with E-state index < -0.39 is 0 Å². The lowest BCUT2D eigenvalue weighted by molar-refractivity contribution is 0.0698. The minimum atomic E-state index is 0.556. The number of nitrogens with two attached hydrogens (primary N) is 1. The van der Waals surface area contributed by atoms with Crippen LogP contribution in [0.5, 0.6) is 0 Å². The van der Waals surface area contributed by atoms with Gasteiger partial charge in [0.25, 0.3) is 0 Å². The van der Waals surface area contributed by atoms with E-state index in [9.17, 15) is 0 Å². The van der Waals surface area contributed by atoms with Crippen LogP contribution >= 0.6 is 0 Å². The van der Waals surface area contributed by atoms with E-state index in [0.717, 1.165) is 17.8 Å². The van der Waals surface area contributed by atoms with Gasteiger partial charge in [-0.2, -0.15) is 0 Å². The average Bonchev–Trinajstić information content (AvgIpc) is 1.74. The molecule has 1 nitrogen and oxygen atoms in total. The molecule has 0 bridgehead atoms. The third kappa shape index (κ3) is 0.968. The Morgan fingerprint density at radius 1 is 1.00 bits per heavy atom. The summed E-state index contributed by atoms with van der Waals surface area (Å²) in [5.74, 6) is 3.10. The molecule has 0 unspecified atom stereocenters. The molecule has 0 atom stereocenters. The normalized spacial score (nSPS) is 53.4. The molecule has 0 aliphatic heterocycles. The van der Waals surface area contributed by atoms with Crippen LogP contribution in [0.15, 0.2) is 0 Å². The second-order valence-corrected chi connectivity index (χ2v) is 4.33. The molecule has 2 aliphatic rings. The summed E-state index contributed by atoms with van der Waals surface area (Å²) in [4.78, 5) is 0. The number of rotatable bonds is 1. The molecular formula is C9H17N. The molecule has 1 heteroatoms. The molecule has 0 aromatic carbocycles. The van der Waals surface area contributed by atoms with Gasteiger partial charge in [0.2, 0.25) is 0 Å². The molecule has 0 aromatic rings. The quantitative estimate of drug-likeness (QED) is 0.588. The second kappa shape index (κ2) is 2.23. The molecule has 0 radical (unpaired) electrons. The Labute approximate surface area is 63.0 Å². The van der Waals surface area contributed by atoms with E-state index >= 15 is 0 Å². The predicted molar refractivity (Wildman–Crippen MR) is 42.6 cm³/mol. The summed E-state index contributed by atoms with van der Waals surface area (Å²) in [5, 5.41) is 0. The van der Waals surface area contributed by atoms with Gasteiger partial charge < -0.3 is 5.73 Å². The number of hydrogen-bond donors (Lipinski definition) is 1. The van der Waals surface area contributed by atoms with Gasteiger partial charge >= 0.3 is 0 Å². The van der Waals surface area contributed by atoms with Crippen molar-refractivity contribution in [3.63, 3.8) is 0 Å². The van der Waals surface area contributed by atoms with Crippen LogP contribution in [0.3, 0.4) is 0 Å². The monoisotopic (exact) mass is 139 g/mol. The summed E-state index contributed by atoms with van der Waals surface area (Å²) >= 11 is 0. The van der Waals surface area contributed by atoms with Gasteiger partial charge in [-0.05, 0) is 43.4 Å². The lowest BCUT2D eigenvalue weighted by Gasteiger charge is -2.45. The Balaban J connectivity index is 1.72. The molecule has 2 saturated carbocycles. The average molecular weight is 139 g/mol. The van der Waals surface area contributed by atoms with Gasteiger partial charge in [-0.1, -0.05) is 6.92 Å². The predicted octanol–water partition coefficient (Wildman–Crippen LogP) is 1.77. The van der Waals surface area contributed by atoms with Crippen LogP contribution in [0, 0.1) is 17.8 Å².